The van der Waals surface area contributed by atoms with Gasteiger partial charge in [0.25, 0.3) is 20.2 Å². The van der Waals surface area contributed by atoms with Crippen LogP contribution in [-0.2, 0) is 41.4 Å². The molecule has 314 valence electrons. The summed E-state index contributed by atoms with van der Waals surface area (Å²) in [6.45, 7) is 16.6. The summed E-state index contributed by atoms with van der Waals surface area (Å²) in [5.41, 5.74) is 17.9. The summed E-state index contributed by atoms with van der Waals surface area (Å²) in [6, 6.07) is 21.7. The number of hydrogen-bond acceptors (Lipinski definition) is 8. The second-order valence-electron chi connectivity index (χ2n) is 15.8. The maximum absolute atomic E-state index is 13.0. The van der Waals surface area contributed by atoms with E-state index < -0.39 is 20.2 Å². The van der Waals surface area contributed by atoms with Crippen molar-refractivity contribution >= 4 is 64.6 Å². The predicted molar refractivity (Wildman–Crippen MR) is 241 cm³/mol. The van der Waals surface area contributed by atoms with Gasteiger partial charge in [-0.1, -0.05) is 49.2 Å². The maximum atomic E-state index is 13.0. The topological polar surface area (TPSA) is 144 Å². The number of nitrogens with zero attached hydrogens (tertiary/aromatic N) is 2. The third kappa shape index (κ3) is 8.83. The highest BCUT2D eigenvalue weighted by Gasteiger charge is 2.22. The van der Waals surface area contributed by atoms with Crippen LogP contribution in [-0.4, -0.2) is 50.0 Å². The van der Waals surface area contributed by atoms with Gasteiger partial charge in [-0.15, -0.1) is 0 Å². The van der Waals surface area contributed by atoms with E-state index in [-0.39, 0.29) is 23.0 Å². The summed E-state index contributed by atoms with van der Waals surface area (Å²) < 4.78 is 63.1. The van der Waals surface area contributed by atoms with Crippen molar-refractivity contribution in [2.75, 3.05) is 13.2 Å². The largest absolute Gasteiger partial charge is 0.355 e. The van der Waals surface area contributed by atoms with Crippen LogP contribution in [0.15, 0.2) is 82.6 Å². The van der Waals surface area contributed by atoms with E-state index in [0.717, 1.165) is 96.7 Å². The lowest BCUT2D eigenvalue weighted by atomic mass is 10.00. The van der Waals surface area contributed by atoms with Crippen LogP contribution in [0.25, 0.3) is 44.4 Å². The number of rotatable bonds is 14. The Morgan fingerprint density at radius 3 is 1.43 bits per heavy atom. The van der Waals surface area contributed by atoms with Gasteiger partial charge in [0.2, 0.25) is 0 Å². The van der Waals surface area contributed by atoms with E-state index in [1.165, 1.54) is 16.7 Å². The van der Waals surface area contributed by atoms with E-state index in [0.29, 0.717) is 25.7 Å². The fourth-order valence-corrected chi connectivity index (χ4v) is 10.0. The summed E-state index contributed by atoms with van der Waals surface area (Å²) in [7, 11) is -7.83. The zero-order chi connectivity index (χ0) is 42.9. The van der Waals surface area contributed by atoms with Gasteiger partial charge in [0.15, 0.2) is 0 Å². The van der Waals surface area contributed by atoms with E-state index in [9.17, 15) is 16.8 Å². The van der Waals surface area contributed by atoms with Crippen LogP contribution in [0.2, 0.25) is 0 Å². The smallest absolute Gasteiger partial charge is 0.296 e. The number of benzene rings is 2. The quantitative estimate of drug-likeness (QED) is 0.0830. The van der Waals surface area contributed by atoms with Gasteiger partial charge in [0.1, 0.15) is 0 Å². The number of hydrogen-bond donors (Lipinski definition) is 2. The van der Waals surface area contributed by atoms with Crippen LogP contribution in [0.1, 0.15) is 110 Å². The van der Waals surface area contributed by atoms with Crippen LogP contribution >= 0.6 is 0 Å². The van der Waals surface area contributed by atoms with Gasteiger partial charge < -0.3 is 9.97 Å². The van der Waals surface area contributed by atoms with Gasteiger partial charge in [-0.2, -0.15) is 16.8 Å². The summed E-state index contributed by atoms with van der Waals surface area (Å²) in [5.74, 6) is 0. The highest BCUT2D eigenvalue weighted by atomic mass is 32.2. The molecule has 2 aliphatic heterocycles. The molecule has 2 aliphatic rings. The van der Waals surface area contributed by atoms with Crippen LogP contribution in [0.3, 0.4) is 0 Å². The zero-order valence-corrected chi connectivity index (χ0v) is 37.4. The van der Waals surface area contributed by atoms with Crippen LogP contribution in [0.4, 0.5) is 0 Å². The van der Waals surface area contributed by atoms with Crippen molar-refractivity contribution < 1.29 is 25.2 Å². The molecule has 2 aromatic carbocycles. The molecule has 0 fully saturated rings. The Kier molecular flexibility index (Phi) is 12.5. The van der Waals surface area contributed by atoms with Gasteiger partial charge in [-0.3, -0.25) is 8.37 Å². The number of allylic oxidation sites excluding steroid dienone is 4. The third-order valence-electron chi connectivity index (χ3n) is 11.7. The van der Waals surface area contributed by atoms with Crippen molar-refractivity contribution in [2.45, 2.75) is 104 Å². The van der Waals surface area contributed by atoms with Crippen molar-refractivity contribution in [3.05, 3.63) is 129 Å². The van der Waals surface area contributed by atoms with E-state index in [2.05, 4.69) is 75.8 Å². The number of aryl methyl sites for hydroxylation is 6. The van der Waals surface area contributed by atoms with Crippen LogP contribution in [0, 0.1) is 27.7 Å². The van der Waals surface area contributed by atoms with Crippen LogP contribution in [0.5, 0.6) is 0 Å². The fraction of sp³-hybridized carbons (Fsp3) is 0.333. The molecule has 5 aromatic rings. The highest BCUT2D eigenvalue weighted by molar-refractivity contribution is 7.87. The summed E-state index contributed by atoms with van der Waals surface area (Å²) in [6.07, 6.45) is 3.64. The number of nitrogens with one attached hydrogen (secondary N) is 2. The Morgan fingerprint density at radius 1 is 0.500 bits per heavy atom. The summed E-state index contributed by atoms with van der Waals surface area (Å²) in [5, 5.41) is 0. The van der Waals surface area contributed by atoms with Gasteiger partial charge in [0, 0.05) is 22.1 Å². The average Bonchev–Trinajstić information content (AvgIpc) is 3.88. The second kappa shape index (κ2) is 17.5. The monoisotopic (exact) mass is 846 g/mol. The van der Waals surface area contributed by atoms with Crippen molar-refractivity contribution in [3.63, 3.8) is 0 Å². The second-order valence-corrected chi connectivity index (χ2v) is 19.0. The minimum absolute atomic E-state index is 0.0132. The lowest BCUT2D eigenvalue weighted by molar-refractivity contribution is 0.312. The van der Waals surface area contributed by atoms with Gasteiger partial charge in [0.05, 0.1) is 45.8 Å². The van der Waals surface area contributed by atoms with Gasteiger partial charge in [-0.25, -0.2) is 9.97 Å². The number of aromatic nitrogens is 4. The number of fused-ring (bicyclic) bond motifs is 8. The Labute approximate surface area is 354 Å². The average molecular weight is 847 g/mol. The maximum Gasteiger partial charge on any atom is 0.296 e. The Balaban J connectivity index is 1.32. The standard InChI is InChI=1S/C48H54N4O6S2/c1-9-37-31(5)41-25-42-33(7)39(13-11-23-57-59(53,54)35-19-15-29(3)16-20-35)47(51-42)28-48-40(14-12-24-58-60(55,56)36-21-17-30(4)18-22-36)34(8)44(52-48)27-46-38(10-2)32(6)43(50-46)26-45(37)49-41/h15-22,25-28,50-51H,9-14,23-24H2,1-8H3. The molecule has 0 saturated heterocycles. The molecule has 8 bridgehead atoms. The predicted octanol–water partition coefficient (Wildman–Crippen LogP) is 10.9. The minimum Gasteiger partial charge on any atom is -0.355 e. The van der Waals surface area contributed by atoms with E-state index in [4.69, 9.17) is 18.3 Å². The summed E-state index contributed by atoms with van der Waals surface area (Å²) in [4.78, 5) is 18.1. The first-order valence-corrected chi connectivity index (χ1v) is 23.5. The molecule has 2 N–H and O–H groups in total. The highest BCUT2D eigenvalue weighted by Crippen LogP contribution is 2.37. The van der Waals surface area contributed by atoms with Crippen molar-refractivity contribution in [1.82, 2.24) is 19.9 Å². The van der Waals surface area contributed by atoms with E-state index in [1.54, 1.807) is 48.5 Å². The SMILES string of the molecule is CCC1=C(C)c2cc3[nH]c(cc4nc(cc5[nH]c(cc1n2)c(C)c5CC)C(C)=C4CCCOS(=O)(=O)c1ccc(C)cc1)c(CCCOS(=O)(=O)c1ccc(C)cc1)c3C. The molecular formula is C48H54N4O6S2. The molecule has 10 nitrogen and oxygen atoms in total. The molecule has 0 atom stereocenters. The molecule has 3 aromatic heterocycles. The zero-order valence-electron chi connectivity index (χ0n) is 35.7. The normalized spacial score (nSPS) is 13.5. The molecule has 0 radical (unpaired) electrons. The summed E-state index contributed by atoms with van der Waals surface area (Å²) >= 11 is 0. The van der Waals surface area contributed by atoms with Crippen LogP contribution < -0.4 is 0 Å². The molecule has 60 heavy (non-hydrogen) atoms. The van der Waals surface area contributed by atoms with Crippen molar-refractivity contribution in [2.24, 2.45) is 0 Å². The Morgan fingerprint density at radius 2 is 0.917 bits per heavy atom. The molecule has 0 spiro atoms. The molecule has 0 unspecified atom stereocenters. The molecule has 0 aliphatic carbocycles. The molecule has 0 amide bonds. The lowest BCUT2D eigenvalue weighted by Gasteiger charge is -2.08. The lowest BCUT2D eigenvalue weighted by Crippen LogP contribution is -2.08. The van der Waals surface area contributed by atoms with E-state index >= 15 is 0 Å². The molecular weight excluding hydrogens is 793 g/mol. The fourth-order valence-electron chi connectivity index (χ4n) is 8.14. The minimum atomic E-state index is -3.91. The Bertz CT molecular complexity index is 2920. The number of H-pyrrole nitrogens is 2. The number of aromatic amines is 2. The third-order valence-corrected chi connectivity index (χ3v) is 14.4. The van der Waals surface area contributed by atoms with E-state index in [1.807, 2.05) is 13.8 Å². The molecule has 5 heterocycles. The van der Waals surface area contributed by atoms with Gasteiger partial charge in [-0.05, 0) is 173 Å². The molecule has 0 saturated carbocycles. The Hall–Kier alpha value is -5.14. The van der Waals surface area contributed by atoms with Crippen molar-refractivity contribution in [3.8, 4) is 0 Å². The first kappa shape index (κ1) is 43.0. The molecule has 12 heteroatoms. The first-order chi connectivity index (χ1) is 28.6. The molecule has 7 rings (SSSR count). The van der Waals surface area contributed by atoms with Gasteiger partial charge >= 0.3 is 0 Å². The van der Waals surface area contributed by atoms with Crippen molar-refractivity contribution in [1.29, 1.82) is 0 Å². The first-order valence-electron chi connectivity index (χ1n) is 20.7.